The molecule has 28 heavy (non-hydrogen) atoms. The second-order valence-electron chi connectivity index (χ2n) is 6.88. The lowest BCUT2D eigenvalue weighted by molar-refractivity contribution is -0.256. The predicted molar refractivity (Wildman–Crippen MR) is 109 cm³/mol. The molecule has 1 unspecified atom stereocenters. The highest BCUT2D eigenvalue weighted by Gasteiger charge is 2.24. The Morgan fingerprint density at radius 3 is 2.32 bits per heavy atom. The van der Waals surface area contributed by atoms with Crippen LogP contribution in [0.25, 0.3) is 0 Å². The summed E-state index contributed by atoms with van der Waals surface area (Å²) in [5, 5.41) is 0.573. The second kappa shape index (κ2) is 10.6. The van der Waals surface area contributed by atoms with Crippen LogP contribution in [0.1, 0.15) is 50.4 Å². The van der Waals surface area contributed by atoms with E-state index in [9.17, 15) is 9.59 Å². The normalized spacial score (nSPS) is 15.1. The molecule has 0 spiro atoms. The Balaban J connectivity index is 2.31. The van der Waals surface area contributed by atoms with E-state index in [1.165, 1.54) is 6.92 Å². The molecule has 1 atom stereocenters. The highest BCUT2D eigenvalue weighted by atomic mass is 35.5. The van der Waals surface area contributed by atoms with E-state index in [-0.39, 0.29) is 12.5 Å². The lowest BCUT2D eigenvalue weighted by Gasteiger charge is -2.31. The smallest absolute Gasteiger partial charge is 0.297 e. The largest absolute Gasteiger partial charge is 0.359 e. The molecule has 2 rings (SSSR count). The van der Waals surface area contributed by atoms with Gasteiger partial charge in [-0.25, -0.2) is 19.4 Å². The molecule has 1 aromatic carbocycles. The summed E-state index contributed by atoms with van der Waals surface area (Å²) in [7, 11) is 0. The van der Waals surface area contributed by atoms with E-state index in [0.717, 1.165) is 43.9 Å². The molecular weight excluding hydrogens is 380 g/mol. The number of hydrogen-bond donors (Lipinski definition) is 0. The van der Waals surface area contributed by atoms with Crippen molar-refractivity contribution < 1.29 is 19.4 Å². The molecular formula is C21H29ClN2O4. The van der Waals surface area contributed by atoms with E-state index < -0.39 is 11.9 Å². The highest BCUT2D eigenvalue weighted by Crippen LogP contribution is 2.34. The number of halogens is 1. The van der Waals surface area contributed by atoms with E-state index >= 15 is 0 Å². The van der Waals surface area contributed by atoms with Crippen LogP contribution in [0.15, 0.2) is 24.3 Å². The third-order valence-corrected chi connectivity index (χ3v) is 5.45. The quantitative estimate of drug-likeness (QED) is 0.371. The van der Waals surface area contributed by atoms with E-state index in [4.69, 9.17) is 11.6 Å². The maximum Gasteiger partial charge on any atom is 0.359 e. The van der Waals surface area contributed by atoms with Crippen molar-refractivity contribution in [1.29, 1.82) is 0 Å². The Bertz CT molecular complexity index is 723. The van der Waals surface area contributed by atoms with Crippen LogP contribution in [-0.2, 0) is 32.3 Å². The van der Waals surface area contributed by atoms with Crippen molar-refractivity contribution in [2.75, 3.05) is 26.2 Å². The highest BCUT2D eigenvalue weighted by molar-refractivity contribution is 6.32. The fourth-order valence-corrected chi connectivity index (χ4v) is 3.95. The van der Waals surface area contributed by atoms with E-state index in [1.54, 1.807) is 0 Å². The van der Waals surface area contributed by atoms with Crippen LogP contribution in [0.3, 0.4) is 0 Å². The van der Waals surface area contributed by atoms with Gasteiger partial charge in [-0.05, 0) is 36.7 Å². The van der Waals surface area contributed by atoms with Gasteiger partial charge in [0, 0.05) is 37.6 Å². The zero-order valence-electron chi connectivity index (χ0n) is 17.0. The molecule has 0 bridgehead atoms. The van der Waals surface area contributed by atoms with Crippen LogP contribution < -0.4 is 0 Å². The Hall–Kier alpha value is -1.89. The molecule has 154 valence electrons. The van der Waals surface area contributed by atoms with Crippen molar-refractivity contribution in [3.63, 3.8) is 0 Å². The summed E-state index contributed by atoms with van der Waals surface area (Å²) in [6.07, 6.45) is 4.26. The first kappa shape index (κ1) is 22.4. The minimum Gasteiger partial charge on any atom is -0.297 e. The van der Waals surface area contributed by atoms with E-state index in [0.29, 0.717) is 10.6 Å². The molecule has 6 nitrogen and oxygen atoms in total. The first-order valence-electron chi connectivity index (χ1n) is 9.66. The van der Waals surface area contributed by atoms with Gasteiger partial charge < -0.3 is 0 Å². The van der Waals surface area contributed by atoms with Crippen molar-refractivity contribution in [2.45, 2.75) is 46.7 Å². The number of rotatable bonds is 8. The van der Waals surface area contributed by atoms with Gasteiger partial charge in [-0.2, -0.15) is 0 Å². The second-order valence-corrected chi connectivity index (χ2v) is 7.26. The van der Waals surface area contributed by atoms with Gasteiger partial charge in [0.2, 0.25) is 0 Å². The Kier molecular flexibility index (Phi) is 8.48. The van der Waals surface area contributed by atoms with Crippen molar-refractivity contribution in [1.82, 2.24) is 9.80 Å². The first-order valence-corrected chi connectivity index (χ1v) is 10.0. The van der Waals surface area contributed by atoms with Crippen LogP contribution in [0.2, 0.25) is 5.02 Å². The maximum absolute atomic E-state index is 12.0. The number of nitrogens with zero attached hydrogens (tertiary/aromatic N) is 2. The molecule has 0 N–H and O–H groups in total. The number of carbonyl (C=O) groups excluding carboxylic acids is 2. The lowest BCUT2D eigenvalue weighted by Crippen LogP contribution is -2.29. The summed E-state index contributed by atoms with van der Waals surface area (Å²) < 4.78 is 0. The van der Waals surface area contributed by atoms with Crippen molar-refractivity contribution in [3.05, 3.63) is 46.0 Å². The van der Waals surface area contributed by atoms with Crippen molar-refractivity contribution in [3.8, 4) is 0 Å². The number of carbonyl (C=O) groups is 2. The van der Waals surface area contributed by atoms with Crippen molar-refractivity contribution >= 4 is 23.5 Å². The monoisotopic (exact) mass is 408 g/mol. The van der Waals surface area contributed by atoms with Gasteiger partial charge in [0.15, 0.2) is 0 Å². The fraction of sp³-hybridized carbons (Fsp3) is 0.524. The van der Waals surface area contributed by atoms with Crippen LogP contribution in [0, 0.1) is 0 Å². The maximum atomic E-state index is 12.0. The summed E-state index contributed by atoms with van der Waals surface area (Å²) in [6, 6.07) is 4.00. The zero-order chi connectivity index (χ0) is 20.7. The molecule has 0 aliphatic carbocycles. The zero-order valence-corrected chi connectivity index (χ0v) is 17.8. The standard InChI is InChI=1S/C21H29ClN2O4/c1-5-24(6-2)15(3)20-18(14-23-11-7-8-12-23)10-9-17(21(20)22)13-19(26)28-27-16(4)25/h7-10,15H,5-6,11-14H2,1-4H3. The fourth-order valence-electron chi connectivity index (χ4n) is 3.54. The molecule has 0 aromatic heterocycles. The van der Waals surface area contributed by atoms with E-state index in [2.05, 4.69) is 52.5 Å². The average Bonchev–Trinajstić information content (AvgIpc) is 3.16. The summed E-state index contributed by atoms with van der Waals surface area (Å²) in [6.45, 7) is 12.0. The van der Waals surface area contributed by atoms with Crippen LogP contribution in [0.5, 0.6) is 0 Å². The molecule has 0 amide bonds. The molecule has 1 aliphatic rings. The Morgan fingerprint density at radius 1 is 1.14 bits per heavy atom. The van der Waals surface area contributed by atoms with Gasteiger partial charge in [0.05, 0.1) is 6.42 Å². The van der Waals surface area contributed by atoms with Crippen LogP contribution >= 0.6 is 11.6 Å². The molecule has 0 saturated carbocycles. The minimum absolute atomic E-state index is 0.0599. The Labute approximate surface area is 172 Å². The topological polar surface area (TPSA) is 59.1 Å². The van der Waals surface area contributed by atoms with Crippen LogP contribution in [-0.4, -0.2) is 47.9 Å². The molecule has 0 radical (unpaired) electrons. The molecule has 7 heteroatoms. The Morgan fingerprint density at radius 2 is 1.75 bits per heavy atom. The van der Waals surface area contributed by atoms with Gasteiger partial charge in [0.1, 0.15) is 0 Å². The summed E-state index contributed by atoms with van der Waals surface area (Å²) in [5.74, 6) is -1.33. The third kappa shape index (κ3) is 5.80. The molecule has 0 saturated heterocycles. The van der Waals surface area contributed by atoms with Crippen LogP contribution in [0.4, 0.5) is 0 Å². The summed E-state index contributed by atoms with van der Waals surface area (Å²) in [5.41, 5.74) is 2.86. The average molecular weight is 409 g/mol. The van der Waals surface area contributed by atoms with Gasteiger partial charge in [-0.3, -0.25) is 9.80 Å². The van der Waals surface area contributed by atoms with Gasteiger partial charge in [0.25, 0.3) is 0 Å². The predicted octanol–water partition coefficient (Wildman–Crippen LogP) is 3.68. The summed E-state index contributed by atoms with van der Waals surface area (Å²) in [4.78, 5) is 36.3. The lowest BCUT2D eigenvalue weighted by atomic mass is 9.95. The first-order chi connectivity index (χ1) is 13.4. The number of benzene rings is 1. The SMILES string of the molecule is CCN(CC)C(C)c1c(CN2CC=CC2)ccc(CC(=O)OOC(C)=O)c1Cl. The molecule has 1 aliphatic heterocycles. The minimum atomic E-state index is -0.676. The molecule has 1 heterocycles. The van der Waals surface area contributed by atoms with Gasteiger partial charge >= 0.3 is 11.9 Å². The van der Waals surface area contributed by atoms with E-state index in [1.807, 2.05) is 12.1 Å². The summed E-state index contributed by atoms with van der Waals surface area (Å²) >= 11 is 6.78. The van der Waals surface area contributed by atoms with Crippen molar-refractivity contribution in [2.24, 2.45) is 0 Å². The van der Waals surface area contributed by atoms with Gasteiger partial charge in [-0.15, -0.1) is 0 Å². The molecule has 1 aromatic rings. The third-order valence-electron chi connectivity index (χ3n) is 5.00. The van der Waals surface area contributed by atoms with Gasteiger partial charge in [-0.1, -0.05) is 49.7 Å². The molecule has 0 fully saturated rings. The number of hydrogen-bond acceptors (Lipinski definition) is 6.